The maximum absolute atomic E-state index is 10.7. The van der Waals surface area contributed by atoms with Crippen molar-refractivity contribution in [2.24, 2.45) is 7.05 Å². The van der Waals surface area contributed by atoms with Gasteiger partial charge in [-0.3, -0.25) is 0 Å². The highest BCUT2D eigenvalue weighted by molar-refractivity contribution is 5.77. The van der Waals surface area contributed by atoms with Gasteiger partial charge in [0.15, 0.2) is 0 Å². The van der Waals surface area contributed by atoms with E-state index in [-0.39, 0.29) is 0 Å². The number of piperidine rings is 1. The van der Waals surface area contributed by atoms with E-state index in [1.54, 1.807) is 0 Å². The van der Waals surface area contributed by atoms with Crippen molar-refractivity contribution >= 4 is 11.0 Å². The summed E-state index contributed by atoms with van der Waals surface area (Å²) in [5.41, 5.74) is 2.31. The van der Waals surface area contributed by atoms with Crippen molar-refractivity contribution in [3.05, 3.63) is 29.6 Å². The number of aromatic nitrogens is 2. The minimum absolute atomic E-state index is 0.629. The van der Waals surface area contributed by atoms with Gasteiger partial charge in [0, 0.05) is 13.6 Å². The molecular formula is C14H19N3O. The van der Waals surface area contributed by atoms with Gasteiger partial charge in [0.05, 0.1) is 11.0 Å². The Morgan fingerprint density at radius 3 is 3.00 bits per heavy atom. The van der Waals surface area contributed by atoms with Gasteiger partial charge in [-0.05, 0) is 44.0 Å². The van der Waals surface area contributed by atoms with Crippen molar-refractivity contribution in [2.75, 3.05) is 13.1 Å². The molecule has 2 N–H and O–H groups in total. The minimum atomic E-state index is -0.738. The summed E-state index contributed by atoms with van der Waals surface area (Å²) in [7, 11) is 2.02. The van der Waals surface area contributed by atoms with Gasteiger partial charge in [0.2, 0.25) is 0 Å². The number of aliphatic hydroxyl groups is 1. The average Bonchev–Trinajstić information content (AvgIpc) is 2.66. The molecule has 1 unspecified atom stereocenters. The summed E-state index contributed by atoms with van der Waals surface area (Å²) in [6, 6.07) is 6.10. The lowest BCUT2D eigenvalue weighted by Gasteiger charge is -2.33. The third-order valence-corrected chi connectivity index (χ3v) is 4.00. The normalized spacial score (nSPS) is 24.6. The summed E-state index contributed by atoms with van der Waals surface area (Å²) in [5.74, 6) is 0.996. The van der Waals surface area contributed by atoms with Gasteiger partial charge < -0.3 is 15.0 Å². The van der Waals surface area contributed by atoms with Gasteiger partial charge in [-0.15, -0.1) is 0 Å². The summed E-state index contributed by atoms with van der Waals surface area (Å²) in [6.07, 6.45) is 1.83. The van der Waals surface area contributed by atoms with Crippen LogP contribution >= 0.6 is 0 Å². The van der Waals surface area contributed by atoms with Crippen LogP contribution in [-0.4, -0.2) is 27.7 Å². The molecular weight excluding hydrogens is 226 g/mol. The molecule has 1 saturated heterocycles. The Hall–Kier alpha value is -1.39. The molecule has 1 fully saturated rings. The SMILES string of the molecule is Cc1nc2cc(C3(O)CCCNC3)ccc2n1C. The van der Waals surface area contributed by atoms with E-state index in [9.17, 15) is 5.11 Å². The van der Waals surface area contributed by atoms with E-state index in [0.29, 0.717) is 6.54 Å². The fourth-order valence-corrected chi connectivity index (χ4v) is 2.75. The Morgan fingerprint density at radius 2 is 2.28 bits per heavy atom. The first-order chi connectivity index (χ1) is 8.60. The van der Waals surface area contributed by atoms with Gasteiger partial charge in [0.1, 0.15) is 11.4 Å². The van der Waals surface area contributed by atoms with E-state index in [0.717, 1.165) is 41.8 Å². The van der Waals surface area contributed by atoms with Gasteiger partial charge in [-0.1, -0.05) is 6.07 Å². The summed E-state index contributed by atoms with van der Waals surface area (Å²) < 4.78 is 2.07. The van der Waals surface area contributed by atoms with Crippen molar-refractivity contribution in [1.29, 1.82) is 0 Å². The highest BCUT2D eigenvalue weighted by atomic mass is 16.3. The third kappa shape index (κ3) is 1.72. The molecule has 1 aliphatic heterocycles. The molecule has 0 radical (unpaired) electrons. The first-order valence-corrected chi connectivity index (χ1v) is 6.47. The molecule has 0 amide bonds. The van der Waals surface area contributed by atoms with Crippen LogP contribution in [0.25, 0.3) is 11.0 Å². The Bertz CT molecular complexity index is 582. The topological polar surface area (TPSA) is 50.1 Å². The highest BCUT2D eigenvalue weighted by Gasteiger charge is 2.31. The molecule has 96 valence electrons. The Labute approximate surface area is 107 Å². The second-order valence-corrected chi connectivity index (χ2v) is 5.23. The number of hydrogen-bond acceptors (Lipinski definition) is 3. The zero-order valence-electron chi connectivity index (χ0n) is 10.9. The predicted molar refractivity (Wildman–Crippen MR) is 71.5 cm³/mol. The van der Waals surface area contributed by atoms with Crippen LogP contribution in [-0.2, 0) is 12.6 Å². The van der Waals surface area contributed by atoms with E-state index < -0.39 is 5.60 Å². The van der Waals surface area contributed by atoms with Crippen LogP contribution in [0.3, 0.4) is 0 Å². The van der Waals surface area contributed by atoms with Gasteiger partial charge in [0.25, 0.3) is 0 Å². The highest BCUT2D eigenvalue weighted by Crippen LogP contribution is 2.30. The maximum atomic E-state index is 10.7. The standard InChI is InChI=1S/C14H19N3O/c1-10-16-12-8-11(4-5-13(12)17(10)2)14(18)6-3-7-15-9-14/h4-5,8,15,18H,3,6-7,9H2,1-2H3. The van der Waals surface area contributed by atoms with E-state index in [1.165, 1.54) is 0 Å². The van der Waals surface area contributed by atoms with Crippen LogP contribution in [0.15, 0.2) is 18.2 Å². The van der Waals surface area contributed by atoms with E-state index in [4.69, 9.17) is 0 Å². The molecule has 0 bridgehead atoms. The number of nitrogens with zero attached hydrogens (tertiary/aromatic N) is 2. The predicted octanol–water partition coefficient (Wildman–Crippen LogP) is 1.45. The molecule has 0 spiro atoms. The molecule has 18 heavy (non-hydrogen) atoms. The molecule has 1 aliphatic rings. The summed E-state index contributed by atoms with van der Waals surface area (Å²) in [6.45, 7) is 3.62. The zero-order chi connectivity index (χ0) is 12.8. The maximum Gasteiger partial charge on any atom is 0.106 e. The van der Waals surface area contributed by atoms with Crippen molar-refractivity contribution in [1.82, 2.24) is 14.9 Å². The Balaban J connectivity index is 2.07. The van der Waals surface area contributed by atoms with Crippen molar-refractivity contribution in [2.45, 2.75) is 25.4 Å². The van der Waals surface area contributed by atoms with Gasteiger partial charge >= 0.3 is 0 Å². The fourth-order valence-electron chi connectivity index (χ4n) is 2.75. The Kier molecular flexibility index (Phi) is 2.64. The number of β-amino-alcohol motifs (C(OH)–C–C–N with tert-alkyl or cyclic N) is 1. The van der Waals surface area contributed by atoms with Crippen LogP contribution in [0.2, 0.25) is 0 Å². The molecule has 2 heterocycles. The molecule has 1 atom stereocenters. The Morgan fingerprint density at radius 1 is 1.44 bits per heavy atom. The molecule has 1 aromatic carbocycles. The molecule has 3 rings (SSSR count). The van der Waals surface area contributed by atoms with Crippen LogP contribution in [0.5, 0.6) is 0 Å². The monoisotopic (exact) mass is 245 g/mol. The minimum Gasteiger partial charge on any atom is -0.384 e. The van der Waals surface area contributed by atoms with Crippen LogP contribution in [0.4, 0.5) is 0 Å². The molecule has 2 aromatic rings. The second-order valence-electron chi connectivity index (χ2n) is 5.23. The third-order valence-electron chi connectivity index (χ3n) is 4.00. The number of fused-ring (bicyclic) bond motifs is 1. The number of imidazole rings is 1. The molecule has 0 aliphatic carbocycles. The van der Waals surface area contributed by atoms with Crippen molar-refractivity contribution < 1.29 is 5.11 Å². The first kappa shape index (κ1) is 11.7. The summed E-state index contributed by atoms with van der Waals surface area (Å²) >= 11 is 0. The van der Waals surface area contributed by atoms with Crippen molar-refractivity contribution in [3.8, 4) is 0 Å². The van der Waals surface area contributed by atoms with E-state index in [1.807, 2.05) is 26.1 Å². The van der Waals surface area contributed by atoms with Crippen LogP contribution in [0, 0.1) is 6.92 Å². The van der Waals surface area contributed by atoms with E-state index in [2.05, 4.69) is 20.9 Å². The largest absolute Gasteiger partial charge is 0.384 e. The fraction of sp³-hybridized carbons (Fsp3) is 0.500. The lowest BCUT2D eigenvalue weighted by molar-refractivity contribution is 0.0124. The smallest absolute Gasteiger partial charge is 0.106 e. The average molecular weight is 245 g/mol. The quantitative estimate of drug-likeness (QED) is 0.799. The first-order valence-electron chi connectivity index (χ1n) is 6.47. The molecule has 1 aromatic heterocycles. The molecule has 4 heteroatoms. The lowest BCUT2D eigenvalue weighted by Crippen LogP contribution is -2.43. The molecule has 4 nitrogen and oxygen atoms in total. The van der Waals surface area contributed by atoms with E-state index >= 15 is 0 Å². The van der Waals surface area contributed by atoms with Gasteiger partial charge in [-0.25, -0.2) is 4.98 Å². The zero-order valence-corrected chi connectivity index (χ0v) is 10.9. The second kappa shape index (κ2) is 4.07. The summed E-state index contributed by atoms with van der Waals surface area (Å²) in [5, 5.41) is 13.9. The summed E-state index contributed by atoms with van der Waals surface area (Å²) in [4.78, 5) is 4.53. The number of hydrogen-bond donors (Lipinski definition) is 2. The van der Waals surface area contributed by atoms with Crippen LogP contribution in [0.1, 0.15) is 24.2 Å². The van der Waals surface area contributed by atoms with Crippen LogP contribution < -0.4 is 5.32 Å². The molecule has 0 saturated carbocycles. The number of nitrogens with one attached hydrogen (secondary N) is 1. The lowest BCUT2D eigenvalue weighted by atomic mass is 9.86. The number of rotatable bonds is 1. The number of benzene rings is 1. The van der Waals surface area contributed by atoms with Crippen molar-refractivity contribution in [3.63, 3.8) is 0 Å². The van der Waals surface area contributed by atoms with Gasteiger partial charge in [-0.2, -0.15) is 0 Å². The number of aryl methyl sites for hydroxylation is 2.